The molecule has 1 atom stereocenters. The van der Waals surface area contributed by atoms with Crippen LogP contribution >= 0.6 is 0 Å². The van der Waals surface area contributed by atoms with Crippen molar-refractivity contribution in [2.45, 2.75) is 58.3 Å². The first-order chi connectivity index (χ1) is 9.24. The van der Waals surface area contributed by atoms with Crippen molar-refractivity contribution in [3.8, 4) is 0 Å². The molecule has 112 valence electrons. The van der Waals surface area contributed by atoms with E-state index < -0.39 is 0 Å². The van der Waals surface area contributed by atoms with Crippen LogP contribution in [0.15, 0.2) is 24.3 Å². The van der Waals surface area contributed by atoms with Gasteiger partial charge in [0.15, 0.2) is 0 Å². The zero-order chi connectivity index (χ0) is 15.0. The van der Waals surface area contributed by atoms with Gasteiger partial charge in [-0.05, 0) is 45.7 Å². The summed E-state index contributed by atoms with van der Waals surface area (Å²) in [4.78, 5) is 2.42. The molecule has 0 amide bonds. The standard InChI is InChI=1S/C17H28N2O/c1-6-14(18)13-9-7-8-10-15(13)19-11-16(2,3)20-17(4,5)12-19/h7-10,14H,6,11-12,18H2,1-5H3. The van der Waals surface area contributed by atoms with Crippen LogP contribution in [0.2, 0.25) is 0 Å². The third kappa shape index (κ3) is 3.33. The quantitative estimate of drug-likeness (QED) is 0.918. The fourth-order valence-electron chi connectivity index (χ4n) is 3.27. The monoisotopic (exact) mass is 276 g/mol. The fraction of sp³-hybridized carbons (Fsp3) is 0.647. The Hall–Kier alpha value is -1.06. The zero-order valence-electron chi connectivity index (χ0n) is 13.4. The minimum atomic E-state index is -0.148. The number of hydrogen-bond donors (Lipinski definition) is 1. The molecule has 0 radical (unpaired) electrons. The van der Waals surface area contributed by atoms with E-state index in [1.807, 2.05) is 0 Å². The van der Waals surface area contributed by atoms with Crippen LogP contribution in [-0.2, 0) is 4.74 Å². The Bertz CT molecular complexity index is 452. The number of nitrogens with two attached hydrogens (primary N) is 1. The van der Waals surface area contributed by atoms with E-state index >= 15 is 0 Å². The largest absolute Gasteiger partial charge is 0.366 e. The first-order valence-electron chi connectivity index (χ1n) is 7.54. The van der Waals surface area contributed by atoms with Gasteiger partial charge in [-0.1, -0.05) is 25.1 Å². The zero-order valence-corrected chi connectivity index (χ0v) is 13.4. The number of nitrogens with zero attached hydrogens (tertiary/aromatic N) is 1. The van der Waals surface area contributed by atoms with Gasteiger partial charge in [-0.15, -0.1) is 0 Å². The van der Waals surface area contributed by atoms with Gasteiger partial charge in [0.05, 0.1) is 11.2 Å². The second-order valence-electron chi connectivity index (χ2n) is 7.05. The normalized spacial score (nSPS) is 22.6. The number of anilines is 1. The van der Waals surface area contributed by atoms with Crippen molar-refractivity contribution in [3.05, 3.63) is 29.8 Å². The van der Waals surface area contributed by atoms with Gasteiger partial charge in [0.25, 0.3) is 0 Å². The molecule has 0 bridgehead atoms. The number of benzene rings is 1. The van der Waals surface area contributed by atoms with Crippen LogP contribution in [0.4, 0.5) is 5.69 Å². The van der Waals surface area contributed by atoms with Gasteiger partial charge in [0.2, 0.25) is 0 Å². The van der Waals surface area contributed by atoms with E-state index in [9.17, 15) is 0 Å². The van der Waals surface area contributed by atoms with Gasteiger partial charge >= 0.3 is 0 Å². The molecule has 1 aliphatic heterocycles. The summed E-state index contributed by atoms with van der Waals surface area (Å²) in [7, 11) is 0. The Morgan fingerprint density at radius 3 is 2.25 bits per heavy atom. The van der Waals surface area contributed by atoms with Crippen LogP contribution in [0, 0.1) is 0 Å². The highest BCUT2D eigenvalue weighted by molar-refractivity contribution is 5.56. The van der Waals surface area contributed by atoms with Crippen LogP contribution in [0.5, 0.6) is 0 Å². The smallest absolute Gasteiger partial charge is 0.0808 e. The maximum atomic E-state index is 6.28. The third-order valence-electron chi connectivity index (χ3n) is 3.81. The van der Waals surface area contributed by atoms with Crippen LogP contribution in [0.1, 0.15) is 52.6 Å². The molecule has 2 N–H and O–H groups in total. The second-order valence-corrected chi connectivity index (χ2v) is 7.05. The predicted octanol–water partition coefficient (Wildman–Crippen LogP) is 3.49. The van der Waals surface area contributed by atoms with Gasteiger partial charge in [-0.2, -0.15) is 0 Å². The highest BCUT2D eigenvalue weighted by atomic mass is 16.5. The van der Waals surface area contributed by atoms with Gasteiger partial charge in [-0.3, -0.25) is 0 Å². The molecule has 1 heterocycles. The van der Waals surface area contributed by atoms with Crippen molar-refractivity contribution >= 4 is 5.69 Å². The molecule has 0 aliphatic carbocycles. The Morgan fingerprint density at radius 1 is 1.15 bits per heavy atom. The topological polar surface area (TPSA) is 38.5 Å². The van der Waals surface area contributed by atoms with Crippen LogP contribution in [0.25, 0.3) is 0 Å². The summed E-state index contributed by atoms with van der Waals surface area (Å²) in [6.45, 7) is 12.5. The number of morpholine rings is 1. The Kier molecular flexibility index (Phi) is 4.12. The van der Waals surface area contributed by atoms with Crippen molar-refractivity contribution in [2.75, 3.05) is 18.0 Å². The summed E-state index contributed by atoms with van der Waals surface area (Å²) in [6.07, 6.45) is 0.953. The Morgan fingerprint density at radius 2 is 1.70 bits per heavy atom. The molecule has 0 spiro atoms. The van der Waals surface area contributed by atoms with Gasteiger partial charge in [0, 0.05) is 24.8 Å². The van der Waals surface area contributed by atoms with E-state index in [0.717, 1.165) is 19.5 Å². The highest BCUT2D eigenvalue weighted by Crippen LogP contribution is 2.34. The molecule has 0 saturated carbocycles. The average Bonchev–Trinajstić information content (AvgIpc) is 2.34. The van der Waals surface area contributed by atoms with E-state index in [1.165, 1.54) is 11.3 Å². The molecule has 1 aliphatic rings. The first-order valence-corrected chi connectivity index (χ1v) is 7.54. The molecule has 1 aromatic rings. The first kappa shape index (κ1) is 15.3. The molecule has 1 saturated heterocycles. The Balaban J connectivity index is 2.36. The summed E-state index contributed by atoms with van der Waals surface area (Å²) in [6, 6.07) is 8.60. The molecule has 0 aromatic heterocycles. The molecule has 20 heavy (non-hydrogen) atoms. The van der Waals surface area contributed by atoms with E-state index in [1.54, 1.807) is 0 Å². The van der Waals surface area contributed by atoms with Crippen molar-refractivity contribution in [3.63, 3.8) is 0 Å². The molecule has 1 unspecified atom stereocenters. The lowest BCUT2D eigenvalue weighted by Gasteiger charge is -2.48. The molecule has 2 rings (SSSR count). The molecular formula is C17H28N2O. The van der Waals surface area contributed by atoms with Crippen molar-refractivity contribution < 1.29 is 4.74 Å². The molecule has 1 fully saturated rings. The Labute approximate surface area is 123 Å². The molecule has 3 nitrogen and oxygen atoms in total. The predicted molar refractivity (Wildman–Crippen MR) is 85.1 cm³/mol. The maximum Gasteiger partial charge on any atom is 0.0808 e. The van der Waals surface area contributed by atoms with Crippen molar-refractivity contribution in [2.24, 2.45) is 5.73 Å². The minimum Gasteiger partial charge on any atom is -0.366 e. The van der Waals surface area contributed by atoms with Gasteiger partial charge < -0.3 is 15.4 Å². The highest BCUT2D eigenvalue weighted by Gasteiger charge is 2.38. The van der Waals surface area contributed by atoms with Crippen molar-refractivity contribution in [1.82, 2.24) is 0 Å². The van der Waals surface area contributed by atoms with Gasteiger partial charge in [-0.25, -0.2) is 0 Å². The summed E-state index contributed by atoms with van der Waals surface area (Å²) >= 11 is 0. The maximum absolute atomic E-state index is 6.28. The van der Waals surface area contributed by atoms with Crippen LogP contribution in [-0.4, -0.2) is 24.3 Å². The van der Waals surface area contributed by atoms with Gasteiger partial charge in [0.1, 0.15) is 0 Å². The van der Waals surface area contributed by atoms with E-state index in [4.69, 9.17) is 10.5 Å². The minimum absolute atomic E-state index is 0.0975. The number of rotatable bonds is 3. The van der Waals surface area contributed by atoms with E-state index in [-0.39, 0.29) is 17.2 Å². The summed E-state index contributed by atoms with van der Waals surface area (Å²) in [5, 5.41) is 0. The second kappa shape index (κ2) is 5.38. The fourth-order valence-corrected chi connectivity index (χ4v) is 3.27. The number of hydrogen-bond acceptors (Lipinski definition) is 3. The molecule has 3 heteroatoms. The lowest BCUT2D eigenvalue weighted by Crippen LogP contribution is -2.57. The third-order valence-corrected chi connectivity index (χ3v) is 3.81. The van der Waals surface area contributed by atoms with E-state index in [0.29, 0.717) is 0 Å². The number of ether oxygens (including phenoxy) is 1. The lowest BCUT2D eigenvalue weighted by atomic mass is 9.95. The SMILES string of the molecule is CCC(N)c1ccccc1N1CC(C)(C)OC(C)(C)C1. The summed E-state index contributed by atoms with van der Waals surface area (Å²) in [5.41, 5.74) is 8.48. The summed E-state index contributed by atoms with van der Waals surface area (Å²) in [5.74, 6) is 0. The number of para-hydroxylation sites is 1. The molecular weight excluding hydrogens is 248 g/mol. The van der Waals surface area contributed by atoms with Crippen LogP contribution in [0.3, 0.4) is 0 Å². The molecule has 1 aromatic carbocycles. The van der Waals surface area contributed by atoms with E-state index in [2.05, 4.69) is 63.8 Å². The van der Waals surface area contributed by atoms with Crippen molar-refractivity contribution in [1.29, 1.82) is 0 Å². The summed E-state index contributed by atoms with van der Waals surface area (Å²) < 4.78 is 6.17. The van der Waals surface area contributed by atoms with Crippen LogP contribution < -0.4 is 10.6 Å². The average molecular weight is 276 g/mol. The lowest BCUT2D eigenvalue weighted by molar-refractivity contribution is -0.133.